The summed E-state index contributed by atoms with van der Waals surface area (Å²) >= 11 is 0. The third-order valence-corrected chi connectivity index (χ3v) is 3.35. The molecule has 1 atom stereocenters. The third-order valence-electron chi connectivity index (χ3n) is 3.35. The molecule has 0 bridgehead atoms. The van der Waals surface area contributed by atoms with E-state index in [1.54, 1.807) is 0 Å². The van der Waals surface area contributed by atoms with Gasteiger partial charge in [-0.15, -0.1) is 0 Å². The maximum atomic E-state index is 5.85. The highest BCUT2D eigenvalue weighted by molar-refractivity contribution is 5.34. The summed E-state index contributed by atoms with van der Waals surface area (Å²) in [6.07, 6.45) is 5.53. The van der Waals surface area contributed by atoms with E-state index in [1.807, 2.05) is 19.1 Å². The second kappa shape index (κ2) is 7.95. The summed E-state index contributed by atoms with van der Waals surface area (Å²) in [4.78, 5) is 0. The van der Waals surface area contributed by atoms with E-state index in [0.717, 1.165) is 43.9 Å². The number of hydrogen-bond donors (Lipinski definition) is 1. The van der Waals surface area contributed by atoms with Crippen molar-refractivity contribution in [3.8, 4) is 5.75 Å². The molecule has 0 fully saturated rings. The van der Waals surface area contributed by atoms with Gasteiger partial charge in [0.05, 0.1) is 19.3 Å². The molecule has 1 N–H and O–H groups in total. The molecule has 1 aromatic rings. The zero-order chi connectivity index (χ0) is 14.2. The Bertz CT molecular complexity index is 442. The van der Waals surface area contributed by atoms with Crippen molar-refractivity contribution < 1.29 is 9.47 Å². The van der Waals surface area contributed by atoms with E-state index in [-0.39, 0.29) is 6.04 Å². The van der Waals surface area contributed by atoms with E-state index in [1.165, 1.54) is 5.56 Å². The molecule has 3 nitrogen and oxygen atoms in total. The lowest BCUT2D eigenvalue weighted by Crippen LogP contribution is -2.26. The van der Waals surface area contributed by atoms with E-state index in [0.29, 0.717) is 6.61 Å². The quantitative estimate of drug-likeness (QED) is 0.820. The zero-order valence-electron chi connectivity index (χ0n) is 12.5. The summed E-state index contributed by atoms with van der Waals surface area (Å²) < 4.78 is 11.4. The molecule has 0 saturated heterocycles. The molecule has 1 heterocycles. The second-order valence-corrected chi connectivity index (χ2v) is 4.99. The summed E-state index contributed by atoms with van der Waals surface area (Å²) in [5, 5.41) is 3.58. The Morgan fingerprint density at radius 1 is 1.35 bits per heavy atom. The van der Waals surface area contributed by atoms with E-state index < -0.39 is 0 Å². The Labute approximate surface area is 122 Å². The lowest BCUT2D eigenvalue weighted by atomic mass is 10.0. The molecule has 20 heavy (non-hydrogen) atoms. The van der Waals surface area contributed by atoms with Crippen LogP contribution in [0.15, 0.2) is 36.1 Å². The van der Waals surface area contributed by atoms with Crippen molar-refractivity contribution in [2.75, 3.05) is 19.8 Å². The van der Waals surface area contributed by atoms with Gasteiger partial charge in [-0.1, -0.05) is 19.1 Å². The first-order valence-corrected chi connectivity index (χ1v) is 7.64. The fraction of sp³-hybridized carbons (Fsp3) is 0.529. The highest BCUT2D eigenvalue weighted by Gasteiger charge is 2.19. The number of ether oxygens (including phenoxy) is 2. The van der Waals surface area contributed by atoms with Gasteiger partial charge in [0.15, 0.2) is 0 Å². The van der Waals surface area contributed by atoms with Gasteiger partial charge in [-0.2, -0.15) is 0 Å². The Balaban J connectivity index is 2.20. The molecule has 110 valence electrons. The maximum Gasteiger partial charge on any atom is 0.119 e. The van der Waals surface area contributed by atoms with E-state index in [4.69, 9.17) is 9.47 Å². The molecule has 3 heteroatoms. The summed E-state index contributed by atoms with van der Waals surface area (Å²) in [6, 6.07) is 8.42. The van der Waals surface area contributed by atoms with Crippen LogP contribution in [-0.4, -0.2) is 19.8 Å². The first kappa shape index (κ1) is 14.9. The zero-order valence-corrected chi connectivity index (χ0v) is 12.5. The number of hydrogen-bond acceptors (Lipinski definition) is 3. The van der Waals surface area contributed by atoms with Crippen molar-refractivity contribution in [2.45, 2.75) is 39.2 Å². The predicted octanol–water partition coefficient (Wildman–Crippen LogP) is 3.82. The van der Waals surface area contributed by atoms with Crippen LogP contribution in [0.2, 0.25) is 0 Å². The summed E-state index contributed by atoms with van der Waals surface area (Å²) in [6.45, 7) is 6.67. The van der Waals surface area contributed by atoms with Crippen molar-refractivity contribution in [1.29, 1.82) is 0 Å². The third kappa shape index (κ3) is 4.01. The van der Waals surface area contributed by atoms with Crippen molar-refractivity contribution in [3.05, 3.63) is 41.7 Å². The Morgan fingerprint density at radius 3 is 2.95 bits per heavy atom. The standard InChI is InChI=1S/C17H25NO2/c1-3-11-18-17(16-10-5-6-12-20-16)14-8-7-9-15(13-14)19-4-2/h7-10,13,17-18H,3-6,11-12H2,1-2H3. The van der Waals surface area contributed by atoms with Crippen LogP contribution in [0.1, 0.15) is 44.7 Å². The fourth-order valence-corrected chi connectivity index (χ4v) is 2.40. The number of allylic oxidation sites excluding steroid dienone is 1. The molecule has 1 aliphatic rings. The van der Waals surface area contributed by atoms with Gasteiger partial charge in [-0.3, -0.25) is 0 Å². The Hall–Kier alpha value is -1.48. The van der Waals surface area contributed by atoms with Gasteiger partial charge >= 0.3 is 0 Å². The van der Waals surface area contributed by atoms with Crippen LogP contribution < -0.4 is 10.1 Å². The lowest BCUT2D eigenvalue weighted by molar-refractivity contribution is 0.167. The normalized spacial score (nSPS) is 16.2. The SMILES string of the molecule is CCCNC(C1=CCCCO1)c1cccc(OCC)c1. The number of rotatable bonds is 7. The molecule has 0 spiro atoms. The highest BCUT2D eigenvalue weighted by atomic mass is 16.5. The van der Waals surface area contributed by atoms with E-state index >= 15 is 0 Å². The largest absolute Gasteiger partial charge is 0.496 e. The van der Waals surface area contributed by atoms with Crippen LogP contribution in [0, 0.1) is 0 Å². The molecule has 0 amide bonds. The molecule has 1 aliphatic heterocycles. The average Bonchev–Trinajstić information content (AvgIpc) is 2.50. The topological polar surface area (TPSA) is 30.5 Å². The van der Waals surface area contributed by atoms with Crippen LogP contribution in [0.3, 0.4) is 0 Å². The predicted molar refractivity (Wildman–Crippen MR) is 81.9 cm³/mol. The monoisotopic (exact) mass is 275 g/mol. The number of nitrogens with one attached hydrogen (secondary N) is 1. The van der Waals surface area contributed by atoms with Crippen molar-refractivity contribution >= 4 is 0 Å². The van der Waals surface area contributed by atoms with Crippen molar-refractivity contribution in [3.63, 3.8) is 0 Å². The summed E-state index contributed by atoms with van der Waals surface area (Å²) in [7, 11) is 0. The van der Waals surface area contributed by atoms with Crippen LogP contribution in [0.5, 0.6) is 5.75 Å². The molecule has 0 saturated carbocycles. The van der Waals surface area contributed by atoms with E-state index in [9.17, 15) is 0 Å². The minimum Gasteiger partial charge on any atom is -0.496 e. The Kier molecular flexibility index (Phi) is 5.93. The first-order chi connectivity index (χ1) is 9.85. The molecular weight excluding hydrogens is 250 g/mol. The van der Waals surface area contributed by atoms with Gasteiger partial charge in [-0.25, -0.2) is 0 Å². The Morgan fingerprint density at radius 2 is 2.25 bits per heavy atom. The van der Waals surface area contributed by atoms with Crippen LogP contribution >= 0.6 is 0 Å². The maximum absolute atomic E-state index is 5.85. The minimum absolute atomic E-state index is 0.135. The van der Waals surface area contributed by atoms with Gasteiger partial charge in [0.2, 0.25) is 0 Å². The summed E-state index contributed by atoms with van der Waals surface area (Å²) in [5.74, 6) is 1.98. The number of benzene rings is 1. The van der Waals surface area contributed by atoms with Crippen LogP contribution in [0.4, 0.5) is 0 Å². The molecular formula is C17H25NO2. The van der Waals surface area contributed by atoms with Crippen LogP contribution in [0.25, 0.3) is 0 Å². The fourth-order valence-electron chi connectivity index (χ4n) is 2.40. The molecule has 1 aromatic carbocycles. The summed E-state index contributed by atoms with van der Waals surface area (Å²) in [5.41, 5.74) is 1.21. The molecule has 0 aliphatic carbocycles. The molecule has 0 aromatic heterocycles. The van der Waals surface area contributed by atoms with Gasteiger partial charge in [0.25, 0.3) is 0 Å². The van der Waals surface area contributed by atoms with Crippen molar-refractivity contribution in [2.24, 2.45) is 0 Å². The molecule has 0 radical (unpaired) electrons. The first-order valence-electron chi connectivity index (χ1n) is 7.64. The lowest BCUT2D eigenvalue weighted by Gasteiger charge is -2.25. The van der Waals surface area contributed by atoms with Crippen molar-refractivity contribution in [1.82, 2.24) is 5.32 Å². The van der Waals surface area contributed by atoms with Gasteiger partial charge in [-0.05, 0) is 56.5 Å². The molecule has 1 unspecified atom stereocenters. The van der Waals surface area contributed by atoms with E-state index in [2.05, 4.69) is 30.4 Å². The van der Waals surface area contributed by atoms with Gasteiger partial charge in [0.1, 0.15) is 11.5 Å². The van der Waals surface area contributed by atoms with Gasteiger partial charge in [0, 0.05) is 0 Å². The average molecular weight is 275 g/mol. The molecule has 2 rings (SSSR count). The minimum atomic E-state index is 0.135. The highest BCUT2D eigenvalue weighted by Crippen LogP contribution is 2.28. The van der Waals surface area contributed by atoms with Crippen LogP contribution in [-0.2, 0) is 4.74 Å². The smallest absolute Gasteiger partial charge is 0.119 e. The van der Waals surface area contributed by atoms with Gasteiger partial charge < -0.3 is 14.8 Å². The second-order valence-electron chi connectivity index (χ2n) is 4.99.